The Morgan fingerprint density at radius 2 is 1.67 bits per heavy atom. The topological polar surface area (TPSA) is 46.2 Å². The smallest absolute Gasteiger partial charge is 0.151 e. The maximum Gasteiger partial charge on any atom is 0.151 e. The number of fused-ring (bicyclic) bond motifs is 2. The van der Waals surface area contributed by atoms with E-state index in [4.69, 9.17) is 0 Å². The van der Waals surface area contributed by atoms with Gasteiger partial charge in [0.25, 0.3) is 0 Å². The SMILES string of the molecule is O=S1(=O)CC2CNCC(C1)C2F. The summed E-state index contributed by atoms with van der Waals surface area (Å²) in [7, 11) is -2.95. The van der Waals surface area contributed by atoms with Crippen LogP contribution in [-0.2, 0) is 9.84 Å². The van der Waals surface area contributed by atoms with Crippen LogP contribution in [-0.4, -0.2) is 39.2 Å². The van der Waals surface area contributed by atoms with Crippen molar-refractivity contribution in [1.29, 1.82) is 0 Å². The second-order valence-electron chi connectivity index (χ2n) is 3.70. The fourth-order valence-electron chi connectivity index (χ4n) is 2.09. The van der Waals surface area contributed by atoms with Crippen LogP contribution in [0.15, 0.2) is 0 Å². The third-order valence-corrected chi connectivity index (χ3v) is 4.52. The van der Waals surface area contributed by atoms with Crippen molar-refractivity contribution in [2.45, 2.75) is 6.17 Å². The molecule has 0 amide bonds. The van der Waals surface area contributed by atoms with Crippen LogP contribution in [0.5, 0.6) is 0 Å². The van der Waals surface area contributed by atoms with Crippen LogP contribution in [0, 0.1) is 11.8 Å². The van der Waals surface area contributed by atoms with Gasteiger partial charge in [-0.2, -0.15) is 0 Å². The number of hydrogen-bond donors (Lipinski definition) is 1. The van der Waals surface area contributed by atoms with Crippen LogP contribution >= 0.6 is 0 Å². The largest absolute Gasteiger partial charge is 0.316 e. The molecular weight excluding hydrogens is 181 g/mol. The first kappa shape index (κ1) is 8.44. The molecule has 0 aromatic carbocycles. The summed E-state index contributed by atoms with van der Waals surface area (Å²) in [6.45, 7) is 1.02. The maximum atomic E-state index is 13.3. The molecule has 0 aliphatic carbocycles. The fraction of sp³-hybridized carbons (Fsp3) is 1.00. The highest BCUT2D eigenvalue weighted by Gasteiger charge is 2.42. The van der Waals surface area contributed by atoms with E-state index in [1.54, 1.807) is 0 Å². The summed E-state index contributed by atoms with van der Waals surface area (Å²) >= 11 is 0. The lowest BCUT2D eigenvalue weighted by Crippen LogP contribution is -2.54. The first-order valence-electron chi connectivity index (χ1n) is 4.14. The summed E-state index contributed by atoms with van der Waals surface area (Å²) in [5.41, 5.74) is 0. The van der Waals surface area contributed by atoms with Crippen molar-refractivity contribution >= 4 is 9.84 Å². The van der Waals surface area contributed by atoms with Crippen molar-refractivity contribution < 1.29 is 12.8 Å². The van der Waals surface area contributed by atoms with Crippen molar-refractivity contribution in [3.63, 3.8) is 0 Å². The number of piperidine rings is 1. The van der Waals surface area contributed by atoms with Gasteiger partial charge < -0.3 is 5.32 Å². The van der Waals surface area contributed by atoms with E-state index in [1.165, 1.54) is 0 Å². The predicted octanol–water partition coefficient (Wildman–Crippen LogP) is -0.411. The summed E-state index contributed by atoms with van der Waals surface area (Å²) in [5.74, 6) is -0.556. The molecule has 70 valence electrons. The molecule has 2 fully saturated rings. The van der Waals surface area contributed by atoms with E-state index in [0.717, 1.165) is 0 Å². The van der Waals surface area contributed by atoms with Gasteiger partial charge in [0.05, 0.1) is 11.5 Å². The van der Waals surface area contributed by atoms with E-state index in [9.17, 15) is 12.8 Å². The third-order valence-electron chi connectivity index (χ3n) is 2.65. The molecule has 0 aromatic heterocycles. The fourth-order valence-corrected chi connectivity index (χ4v) is 4.13. The van der Waals surface area contributed by atoms with E-state index >= 15 is 0 Å². The third kappa shape index (κ3) is 1.35. The molecule has 5 heteroatoms. The molecule has 2 bridgehead atoms. The molecule has 2 aliphatic heterocycles. The first-order valence-corrected chi connectivity index (χ1v) is 5.96. The van der Waals surface area contributed by atoms with Crippen LogP contribution in [0.1, 0.15) is 0 Å². The Morgan fingerprint density at radius 1 is 1.17 bits per heavy atom. The van der Waals surface area contributed by atoms with Gasteiger partial charge in [-0.05, 0) is 0 Å². The van der Waals surface area contributed by atoms with E-state index in [1.807, 2.05) is 0 Å². The Balaban J connectivity index is 2.23. The van der Waals surface area contributed by atoms with Gasteiger partial charge in [0.15, 0.2) is 9.84 Å². The zero-order chi connectivity index (χ0) is 8.77. The number of nitrogens with one attached hydrogen (secondary N) is 1. The Morgan fingerprint density at radius 3 is 2.17 bits per heavy atom. The maximum absolute atomic E-state index is 13.3. The molecule has 3 nitrogen and oxygen atoms in total. The number of sulfone groups is 1. The lowest BCUT2D eigenvalue weighted by atomic mass is 9.90. The Kier molecular flexibility index (Phi) is 1.88. The van der Waals surface area contributed by atoms with Crippen LogP contribution < -0.4 is 5.32 Å². The molecule has 2 saturated heterocycles. The number of alkyl halides is 1. The van der Waals surface area contributed by atoms with E-state index in [0.29, 0.717) is 13.1 Å². The summed E-state index contributed by atoms with van der Waals surface area (Å²) in [4.78, 5) is 0. The highest BCUT2D eigenvalue weighted by molar-refractivity contribution is 7.91. The van der Waals surface area contributed by atoms with Gasteiger partial charge >= 0.3 is 0 Å². The molecule has 12 heavy (non-hydrogen) atoms. The molecule has 0 aromatic rings. The molecule has 0 saturated carbocycles. The molecule has 2 atom stereocenters. The lowest BCUT2D eigenvalue weighted by Gasteiger charge is -2.37. The molecular formula is C7H12FNO2S. The van der Waals surface area contributed by atoms with Crippen molar-refractivity contribution in [3.8, 4) is 0 Å². The Bertz CT molecular complexity index is 257. The summed E-state index contributed by atoms with van der Waals surface area (Å²) in [6.07, 6.45) is -0.908. The normalized spacial score (nSPS) is 45.6. The molecule has 1 N–H and O–H groups in total. The number of hydrogen-bond acceptors (Lipinski definition) is 3. The van der Waals surface area contributed by atoms with Crippen molar-refractivity contribution in [2.24, 2.45) is 11.8 Å². The molecule has 0 radical (unpaired) electrons. The minimum absolute atomic E-state index is 0.0255. The lowest BCUT2D eigenvalue weighted by molar-refractivity contribution is 0.127. The van der Waals surface area contributed by atoms with Crippen molar-refractivity contribution in [3.05, 3.63) is 0 Å². The highest BCUT2D eigenvalue weighted by Crippen LogP contribution is 2.29. The summed E-state index contributed by atoms with van der Waals surface area (Å²) < 4.78 is 35.8. The van der Waals surface area contributed by atoms with Gasteiger partial charge in [0.2, 0.25) is 0 Å². The molecule has 0 spiro atoms. The second-order valence-corrected chi connectivity index (χ2v) is 5.85. The number of halogens is 1. The van der Waals surface area contributed by atoms with E-state index in [2.05, 4.69) is 5.32 Å². The summed E-state index contributed by atoms with van der Waals surface area (Å²) in [5, 5.41) is 3.05. The van der Waals surface area contributed by atoms with Crippen LogP contribution in [0.4, 0.5) is 4.39 Å². The van der Waals surface area contributed by atoms with Gasteiger partial charge in [-0.3, -0.25) is 0 Å². The summed E-state index contributed by atoms with van der Waals surface area (Å²) in [6, 6.07) is 0. The van der Waals surface area contributed by atoms with Crippen LogP contribution in [0.25, 0.3) is 0 Å². The van der Waals surface area contributed by atoms with Crippen LogP contribution in [0.3, 0.4) is 0 Å². The molecule has 2 heterocycles. The number of rotatable bonds is 0. The van der Waals surface area contributed by atoms with E-state index < -0.39 is 16.0 Å². The zero-order valence-electron chi connectivity index (χ0n) is 6.66. The Hall–Kier alpha value is -0.160. The highest BCUT2D eigenvalue weighted by atomic mass is 32.2. The average Bonchev–Trinajstić information content (AvgIpc) is 1.92. The van der Waals surface area contributed by atoms with Gasteiger partial charge in [-0.1, -0.05) is 0 Å². The van der Waals surface area contributed by atoms with Gasteiger partial charge in [0, 0.05) is 24.9 Å². The van der Waals surface area contributed by atoms with Crippen molar-refractivity contribution in [2.75, 3.05) is 24.6 Å². The molecule has 2 unspecified atom stereocenters. The second kappa shape index (κ2) is 2.67. The zero-order valence-corrected chi connectivity index (χ0v) is 7.48. The monoisotopic (exact) mass is 193 g/mol. The average molecular weight is 193 g/mol. The minimum Gasteiger partial charge on any atom is -0.316 e. The van der Waals surface area contributed by atoms with Crippen molar-refractivity contribution in [1.82, 2.24) is 5.32 Å². The van der Waals surface area contributed by atoms with Gasteiger partial charge in [-0.25, -0.2) is 12.8 Å². The van der Waals surface area contributed by atoms with Gasteiger partial charge in [0.1, 0.15) is 6.17 Å². The van der Waals surface area contributed by atoms with E-state index in [-0.39, 0.29) is 23.3 Å². The Labute approximate surface area is 71.3 Å². The van der Waals surface area contributed by atoms with Crippen LogP contribution in [0.2, 0.25) is 0 Å². The minimum atomic E-state index is -2.95. The first-order chi connectivity index (χ1) is 5.58. The standard InChI is InChI=1S/C7H12FNO2S/c8-7-5-1-9-2-6(7)4-12(10,11)3-5/h5-7,9H,1-4H2. The molecule has 2 rings (SSSR count). The van der Waals surface area contributed by atoms with Gasteiger partial charge in [-0.15, -0.1) is 0 Å². The quantitative estimate of drug-likeness (QED) is 0.569. The predicted molar refractivity (Wildman–Crippen MR) is 43.4 cm³/mol. The molecule has 2 aliphatic rings.